The number of hydrogen-bond acceptors (Lipinski definition) is 1. The zero-order valence-electron chi connectivity index (χ0n) is 15.6. The van der Waals surface area contributed by atoms with Crippen LogP contribution in [0.25, 0.3) is 0 Å². The van der Waals surface area contributed by atoms with Crippen molar-refractivity contribution in [1.82, 2.24) is 0 Å². The van der Waals surface area contributed by atoms with E-state index in [-0.39, 0.29) is 11.6 Å². The maximum Gasteiger partial charge on any atom is 0.165 e. The summed E-state index contributed by atoms with van der Waals surface area (Å²) in [4.78, 5) is 0. The van der Waals surface area contributed by atoms with E-state index in [0.29, 0.717) is 5.92 Å². The summed E-state index contributed by atoms with van der Waals surface area (Å²) in [5.74, 6) is 5.70. The monoisotopic (exact) mass is 342 g/mol. The molecule has 0 heterocycles. The molecule has 2 saturated carbocycles. The van der Waals surface area contributed by atoms with Crippen molar-refractivity contribution in [2.75, 3.05) is 0 Å². The van der Waals surface area contributed by atoms with Crippen molar-refractivity contribution in [1.29, 1.82) is 0 Å². The van der Waals surface area contributed by atoms with Crippen LogP contribution in [0.15, 0.2) is 18.2 Å². The van der Waals surface area contributed by atoms with Crippen molar-refractivity contribution >= 4 is 0 Å². The van der Waals surface area contributed by atoms with Gasteiger partial charge in [-0.2, -0.15) is 0 Å². The molecule has 136 valence electrons. The van der Waals surface area contributed by atoms with Crippen LogP contribution in [0.5, 0.6) is 5.75 Å². The Kier molecular flexibility index (Phi) is 6.05. The maximum atomic E-state index is 14.3. The van der Waals surface area contributed by atoms with Crippen molar-refractivity contribution in [3.05, 3.63) is 29.6 Å². The summed E-state index contributed by atoms with van der Waals surface area (Å²) in [5, 5.41) is 0. The lowest BCUT2D eigenvalue weighted by Crippen LogP contribution is -2.24. The van der Waals surface area contributed by atoms with Gasteiger partial charge in [0.1, 0.15) is 0 Å². The molecule has 0 spiro atoms. The lowest BCUT2D eigenvalue weighted by atomic mass is 9.68. The fraction of sp³-hybridized carbons (Fsp3) is 0.652. The molecular weight excluding hydrogens is 311 g/mol. The molecule has 0 aliphatic heterocycles. The van der Waals surface area contributed by atoms with Crippen LogP contribution < -0.4 is 4.74 Å². The standard InChI is InChI=1S/C23H31FO/c1-4-17(3)25-23-14-13-21(15-22(23)24)20-11-9-19(10-12-20)18-7-5-16(2)6-8-18/h1,13-20H,5-12H2,2-3H3. The Balaban J connectivity index is 1.56. The molecule has 25 heavy (non-hydrogen) atoms. The predicted octanol–water partition coefficient (Wildman–Crippen LogP) is 6.33. The Morgan fingerprint density at radius 2 is 1.64 bits per heavy atom. The van der Waals surface area contributed by atoms with E-state index in [1.807, 2.05) is 6.07 Å². The van der Waals surface area contributed by atoms with Gasteiger partial charge in [0.25, 0.3) is 0 Å². The number of terminal acetylenes is 1. The van der Waals surface area contributed by atoms with Crippen molar-refractivity contribution in [2.24, 2.45) is 17.8 Å². The molecule has 2 aliphatic carbocycles. The van der Waals surface area contributed by atoms with Gasteiger partial charge >= 0.3 is 0 Å². The molecule has 2 fully saturated rings. The minimum atomic E-state index is -0.408. The molecule has 0 N–H and O–H groups in total. The first-order chi connectivity index (χ1) is 12.1. The van der Waals surface area contributed by atoms with Crippen molar-refractivity contribution < 1.29 is 9.13 Å². The largest absolute Gasteiger partial charge is 0.475 e. The van der Waals surface area contributed by atoms with E-state index in [1.165, 1.54) is 51.4 Å². The van der Waals surface area contributed by atoms with Crippen molar-refractivity contribution in [2.45, 2.75) is 77.2 Å². The van der Waals surface area contributed by atoms with Crippen LogP contribution in [-0.2, 0) is 0 Å². The minimum Gasteiger partial charge on any atom is -0.475 e. The van der Waals surface area contributed by atoms with Gasteiger partial charge in [0.2, 0.25) is 0 Å². The topological polar surface area (TPSA) is 9.23 Å². The van der Waals surface area contributed by atoms with Gasteiger partial charge in [0.05, 0.1) is 0 Å². The average molecular weight is 342 g/mol. The van der Waals surface area contributed by atoms with Crippen LogP contribution in [-0.4, -0.2) is 6.10 Å². The minimum absolute atomic E-state index is 0.263. The van der Waals surface area contributed by atoms with E-state index < -0.39 is 6.10 Å². The lowest BCUT2D eigenvalue weighted by molar-refractivity contribution is 0.165. The van der Waals surface area contributed by atoms with E-state index in [2.05, 4.69) is 12.8 Å². The SMILES string of the molecule is C#CC(C)Oc1ccc(C2CCC(C3CCC(C)CC3)CC2)cc1F. The van der Waals surface area contributed by atoms with Crippen LogP contribution >= 0.6 is 0 Å². The Labute approximate surface area is 152 Å². The first-order valence-electron chi connectivity index (χ1n) is 9.99. The lowest BCUT2D eigenvalue weighted by Gasteiger charge is -2.37. The average Bonchev–Trinajstić information content (AvgIpc) is 2.64. The smallest absolute Gasteiger partial charge is 0.165 e. The van der Waals surface area contributed by atoms with Gasteiger partial charge in [-0.05, 0) is 86.8 Å². The van der Waals surface area contributed by atoms with Crippen molar-refractivity contribution in [3.8, 4) is 18.1 Å². The summed E-state index contributed by atoms with van der Waals surface area (Å²) in [7, 11) is 0. The van der Waals surface area contributed by atoms with Gasteiger partial charge in [-0.25, -0.2) is 4.39 Å². The van der Waals surface area contributed by atoms with Crippen LogP contribution in [0.2, 0.25) is 0 Å². The summed E-state index contributed by atoms with van der Waals surface area (Å²) in [6.07, 6.45) is 15.5. The Bertz CT molecular complexity index is 601. The summed E-state index contributed by atoms with van der Waals surface area (Å²) in [5.41, 5.74) is 1.12. The highest BCUT2D eigenvalue weighted by Gasteiger charge is 2.30. The second-order valence-corrected chi connectivity index (χ2v) is 8.25. The van der Waals surface area contributed by atoms with E-state index >= 15 is 0 Å². The quantitative estimate of drug-likeness (QED) is 0.581. The van der Waals surface area contributed by atoms with Crippen LogP contribution in [0.3, 0.4) is 0 Å². The van der Waals surface area contributed by atoms with E-state index in [0.717, 1.165) is 23.3 Å². The summed E-state index contributed by atoms with van der Waals surface area (Å²) < 4.78 is 19.7. The van der Waals surface area contributed by atoms with Crippen LogP contribution in [0.4, 0.5) is 4.39 Å². The Morgan fingerprint density at radius 1 is 1.04 bits per heavy atom. The third kappa shape index (κ3) is 4.57. The molecular formula is C23H31FO. The Morgan fingerprint density at radius 3 is 2.20 bits per heavy atom. The molecule has 0 amide bonds. The summed E-state index contributed by atoms with van der Waals surface area (Å²) in [6.45, 7) is 4.14. The second kappa shape index (κ2) is 8.26. The highest BCUT2D eigenvalue weighted by molar-refractivity contribution is 5.32. The van der Waals surface area contributed by atoms with Gasteiger partial charge in [-0.1, -0.05) is 31.8 Å². The molecule has 3 rings (SSSR count). The van der Waals surface area contributed by atoms with Gasteiger partial charge in [0.15, 0.2) is 17.7 Å². The van der Waals surface area contributed by atoms with Gasteiger partial charge < -0.3 is 4.74 Å². The number of hydrogen-bond donors (Lipinski definition) is 0. The molecule has 0 radical (unpaired) electrons. The number of ether oxygens (including phenoxy) is 1. The maximum absolute atomic E-state index is 14.3. The first kappa shape index (κ1) is 18.3. The molecule has 0 bridgehead atoms. The molecule has 1 nitrogen and oxygen atoms in total. The number of benzene rings is 1. The van der Waals surface area contributed by atoms with Gasteiger partial charge in [0, 0.05) is 0 Å². The highest BCUT2D eigenvalue weighted by Crippen LogP contribution is 2.44. The fourth-order valence-corrected chi connectivity index (χ4v) is 4.77. The summed E-state index contributed by atoms with van der Waals surface area (Å²) >= 11 is 0. The van der Waals surface area contributed by atoms with E-state index in [1.54, 1.807) is 19.1 Å². The van der Waals surface area contributed by atoms with E-state index in [9.17, 15) is 4.39 Å². The predicted molar refractivity (Wildman–Crippen MR) is 101 cm³/mol. The van der Waals surface area contributed by atoms with Crippen LogP contribution in [0, 0.1) is 35.9 Å². The Hall–Kier alpha value is -1.49. The molecule has 1 atom stereocenters. The molecule has 1 unspecified atom stereocenters. The van der Waals surface area contributed by atoms with Crippen LogP contribution in [0.1, 0.15) is 76.7 Å². The first-order valence-corrected chi connectivity index (χ1v) is 9.99. The zero-order chi connectivity index (χ0) is 17.8. The third-order valence-electron chi connectivity index (χ3n) is 6.46. The fourth-order valence-electron chi connectivity index (χ4n) is 4.77. The molecule has 1 aromatic rings. The molecule has 0 aromatic heterocycles. The number of halogens is 1. The third-order valence-corrected chi connectivity index (χ3v) is 6.46. The van der Waals surface area contributed by atoms with E-state index in [4.69, 9.17) is 11.2 Å². The molecule has 1 aromatic carbocycles. The second-order valence-electron chi connectivity index (χ2n) is 8.25. The summed E-state index contributed by atoms with van der Waals surface area (Å²) in [6, 6.07) is 5.42. The zero-order valence-corrected chi connectivity index (χ0v) is 15.6. The highest BCUT2D eigenvalue weighted by atomic mass is 19.1. The van der Waals surface area contributed by atoms with Gasteiger partial charge in [-0.15, -0.1) is 6.42 Å². The van der Waals surface area contributed by atoms with Gasteiger partial charge in [-0.3, -0.25) is 0 Å². The normalized spacial score (nSPS) is 31.1. The molecule has 0 saturated heterocycles. The molecule has 2 aliphatic rings. The molecule has 2 heteroatoms. The number of rotatable bonds is 4. The van der Waals surface area contributed by atoms with Crippen molar-refractivity contribution in [3.63, 3.8) is 0 Å².